The molecule has 1 amide bonds. The number of nitrogens with zero attached hydrogens (tertiary/aromatic N) is 2. The number of anilines is 2. The number of ether oxygens (including phenoxy) is 3. The van der Waals surface area contributed by atoms with E-state index in [1.807, 2.05) is 12.1 Å². The van der Waals surface area contributed by atoms with Gasteiger partial charge >= 0.3 is 0 Å². The van der Waals surface area contributed by atoms with Gasteiger partial charge in [0, 0.05) is 41.2 Å². The Labute approximate surface area is 180 Å². The average Bonchev–Trinajstić information content (AvgIpc) is 3.62. The topological polar surface area (TPSA) is 94.6 Å². The molecular weight excluding hydrogens is 396 g/mol. The summed E-state index contributed by atoms with van der Waals surface area (Å²) in [5.41, 5.74) is 2.17. The number of hydrogen-bond donors (Lipinski definition) is 2. The molecule has 2 N–H and O–H groups in total. The molecule has 160 valence electrons. The lowest BCUT2D eigenvalue weighted by molar-refractivity contribution is 0.0951. The van der Waals surface area contributed by atoms with Crippen molar-refractivity contribution >= 4 is 17.4 Å². The summed E-state index contributed by atoms with van der Waals surface area (Å²) in [5, 5.41) is 6.23. The van der Waals surface area contributed by atoms with Gasteiger partial charge in [0.2, 0.25) is 5.75 Å². The van der Waals surface area contributed by atoms with Crippen LogP contribution in [0.25, 0.3) is 11.4 Å². The molecule has 1 fully saturated rings. The smallest absolute Gasteiger partial charge is 0.251 e. The molecule has 0 radical (unpaired) electrons. The van der Waals surface area contributed by atoms with Crippen molar-refractivity contribution in [1.29, 1.82) is 0 Å². The van der Waals surface area contributed by atoms with Crippen LogP contribution in [-0.2, 0) is 0 Å². The molecule has 0 unspecified atom stereocenters. The Bertz CT molecular complexity index is 1060. The Hall–Kier alpha value is -3.81. The van der Waals surface area contributed by atoms with Crippen LogP contribution in [0, 0.1) is 0 Å². The van der Waals surface area contributed by atoms with Crippen molar-refractivity contribution in [3.05, 3.63) is 54.2 Å². The summed E-state index contributed by atoms with van der Waals surface area (Å²) >= 11 is 0. The van der Waals surface area contributed by atoms with E-state index in [-0.39, 0.29) is 5.91 Å². The normalized spacial score (nSPS) is 12.7. The molecule has 8 nitrogen and oxygen atoms in total. The van der Waals surface area contributed by atoms with Crippen molar-refractivity contribution in [3.8, 4) is 28.6 Å². The molecular formula is C23H24N4O4. The standard InChI is InChI=1S/C23H24N4O4/c1-29-18-12-17(13-19(30-2)21(18)31-3)25-20-10-11-24-22(27-20)14-4-6-15(7-5-14)23(28)26-16-8-9-16/h4-7,10-13,16H,8-9H2,1-3H3,(H,26,28)(H,24,25,27). The summed E-state index contributed by atoms with van der Waals surface area (Å²) in [6.45, 7) is 0. The van der Waals surface area contributed by atoms with Gasteiger partial charge in [-0.25, -0.2) is 9.97 Å². The minimum atomic E-state index is -0.0483. The zero-order valence-electron chi connectivity index (χ0n) is 17.6. The molecule has 3 aromatic rings. The maximum Gasteiger partial charge on any atom is 0.251 e. The number of benzene rings is 2. The highest BCUT2D eigenvalue weighted by molar-refractivity contribution is 5.95. The van der Waals surface area contributed by atoms with E-state index in [0.717, 1.165) is 24.1 Å². The second kappa shape index (κ2) is 8.91. The Kier molecular flexibility index (Phi) is 5.88. The fourth-order valence-electron chi connectivity index (χ4n) is 3.14. The second-order valence-corrected chi connectivity index (χ2v) is 7.13. The number of rotatable bonds is 8. The number of carbonyl (C=O) groups excluding carboxylic acids is 1. The van der Waals surface area contributed by atoms with Crippen LogP contribution >= 0.6 is 0 Å². The summed E-state index contributed by atoms with van der Waals surface area (Å²) in [4.78, 5) is 21.1. The highest BCUT2D eigenvalue weighted by Crippen LogP contribution is 2.40. The first-order valence-corrected chi connectivity index (χ1v) is 9.92. The van der Waals surface area contributed by atoms with Crippen LogP contribution in [-0.4, -0.2) is 43.2 Å². The van der Waals surface area contributed by atoms with Gasteiger partial charge in [0.05, 0.1) is 21.3 Å². The molecule has 0 spiro atoms. The largest absolute Gasteiger partial charge is 0.493 e. The number of nitrogens with one attached hydrogen (secondary N) is 2. The van der Waals surface area contributed by atoms with Gasteiger partial charge in [0.1, 0.15) is 5.82 Å². The summed E-state index contributed by atoms with van der Waals surface area (Å²) < 4.78 is 16.2. The predicted molar refractivity (Wildman–Crippen MR) is 117 cm³/mol. The number of amides is 1. The summed E-state index contributed by atoms with van der Waals surface area (Å²) in [5.74, 6) is 2.70. The molecule has 0 aliphatic heterocycles. The van der Waals surface area contributed by atoms with Crippen LogP contribution in [0.2, 0.25) is 0 Å². The molecule has 0 bridgehead atoms. The third kappa shape index (κ3) is 4.69. The average molecular weight is 420 g/mol. The lowest BCUT2D eigenvalue weighted by Gasteiger charge is -2.15. The van der Waals surface area contributed by atoms with Gasteiger partial charge in [-0.05, 0) is 31.0 Å². The van der Waals surface area contributed by atoms with Gasteiger partial charge in [-0.15, -0.1) is 0 Å². The Morgan fingerprint density at radius 2 is 1.65 bits per heavy atom. The highest BCUT2D eigenvalue weighted by Gasteiger charge is 2.23. The summed E-state index contributed by atoms with van der Waals surface area (Å²) in [6, 6.07) is 13.0. The minimum Gasteiger partial charge on any atom is -0.493 e. The van der Waals surface area contributed by atoms with Gasteiger partial charge in [-0.3, -0.25) is 4.79 Å². The van der Waals surface area contributed by atoms with Gasteiger partial charge in [0.15, 0.2) is 17.3 Å². The molecule has 0 atom stereocenters. The van der Waals surface area contributed by atoms with Crippen molar-refractivity contribution in [2.45, 2.75) is 18.9 Å². The fraction of sp³-hybridized carbons (Fsp3) is 0.261. The third-order valence-corrected chi connectivity index (χ3v) is 4.91. The van der Waals surface area contributed by atoms with Gasteiger partial charge in [-0.1, -0.05) is 12.1 Å². The molecule has 8 heteroatoms. The fourth-order valence-corrected chi connectivity index (χ4v) is 3.14. The monoisotopic (exact) mass is 420 g/mol. The van der Waals surface area contributed by atoms with Crippen molar-refractivity contribution in [3.63, 3.8) is 0 Å². The SMILES string of the molecule is COc1cc(Nc2ccnc(-c3ccc(C(=O)NC4CC4)cc3)n2)cc(OC)c1OC. The Balaban J connectivity index is 1.54. The maximum atomic E-state index is 12.2. The van der Waals surface area contributed by atoms with Crippen molar-refractivity contribution in [1.82, 2.24) is 15.3 Å². The lowest BCUT2D eigenvalue weighted by Crippen LogP contribution is -2.25. The first kappa shape index (κ1) is 20.5. The van der Waals surface area contributed by atoms with E-state index in [1.165, 1.54) is 0 Å². The first-order chi connectivity index (χ1) is 15.1. The Morgan fingerprint density at radius 1 is 0.968 bits per heavy atom. The van der Waals surface area contributed by atoms with Crippen molar-refractivity contribution in [2.75, 3.05) is 26.6 Å². The molecule has 31 heavy (non-hydrogen) atoms. The molecule has 1 aliphatic carbocycles. The zero-order valence-corrected chi connectivity index (χ0v) is 17.6. The lowest BCUT2D eigenvalue weighted by atomic mass is 10.1. The highest BCUT2D eigenvalue weighted by atomic mass is 16.5. The molecule has 1 aromatic heterocycles. The van der Waals surface area contributed by atoms with E-state index >= 15 is 0 Å². The number of carbonyl (C=O) groups is 1. The maximum absolute atomic E-state index is 12.2. The van der Waals surface area contributed by atoms with Crippen LogP contribution in [0.4, 0.5) is 11.5 Å². The quantitative estimate of drug-likeness (QED) is 0.572. The van der Waals surface area contributed by atoms with E-state index in [1.54, 1.807) is 57.9 Å². The third-order valence-electron chi connectivity index (χ3n) is 4.91. The second-order valence-electron chi connectivity index (χ2n) is 7.13. The zero-order chi connectivity index (χ0) is 21.8. The number of hydrogen-bond acceptors (Lipinski definition) is 7. The predicted octanol–water partition coefficient (Wildman–Crippen LogP) is 3.81. The van der Waals surface area contributed by atoms with E-state index in [2.05, 4.69) is 20.6 Å². The summed E-state index contributed by atoms with van der Waals surface area (Å²) in [6.07, 6.45) is 3.79. The molecule has 1 saturated carbocycles. The van der Waals surface area contributed by atoms with Gasteiger partial charge in [0.25, 0.3) is 5.91 Å². The Morgan fingerprint density at radius 3 is 2.23 bits per heavy atom. The van der Waals surface area contributed by atoms with Crippen LogP contribution < -0.4 is 24.8 Å². The van der Waals surface area contributed by atoms with Crippen molar-refractivity contribution < 1.29 is 19.0 Å². The molecule has 4 rings (SSSR count). The van der Waals surface area contributed by atoms with Crippen LogP contribution in [0.3, 0.4) is 0 Å². The molecule has 1 heterocycles. The van der Waals surface area contributed by atoms with E-state index in [0.29, 0.717) is 40.5 Å². The number of methoxy groups -OCH3 is 3. The molecule has 1 aliphatic rings. The molecule has 2 aromatic carbocycles. The van der Waals surface area contributed by atoms with Crippen LogP contribution in [0.15, 0.2) is 48.7 Å². The van der Waals surface area contributed by atoms with Crippen molar-refractivity contribution in [2.24, 2.45) is 0 Å². The van der Waals surface area contributed by atoms with E-state index < -0.39 is 0 Å². The van der Waals surface area contributed by atoms with Gasteiger partial charge in [-0.2, -0.15) is 0 Å². The van der Waals surface area contributed by atoms with Crippen LogP contribution in [0.1, 0.15) is 23.2 Å². The van der Waals surface area contributed by atoms with Gasteiger partial charge < -0.3 is 24.8 Å². The first-order valence-electron chi connectivity index (χ1n) is 9.92. The number of aromatic nitrogens is 2. The van der Waals surface area contributed by atoms with E-state index in [4.69, 9.17) is 14.2 Å². The van der Waals surface area contributed by atoms with E-state index in [9.17, 15) is 4.79 Å². The molecule has 0 saturated heterocycles. The minimum absolute atomic E-state index is 0.0483. The summed E-state index contributed by atoms with van der Waals surface area (Å²) in [7, 11) is 4.70. The van der Waals surface area contributed by atoms with Crippen LogP contribution in [0.5, 0.6) is 17.2 Å².